The van der Waals surface area contributed by atoms with E-state index in [0.717, 1.165) is 33.5 Å². The summed E-state index contributed by atoms with van der Waals surface area (Å²) in [6.07, 6.45) is 10.7. The van der Waals surface area contributed by atoms with Crippen LogP contribution in [0.4, 0.5) is 31.5 Å². The topological polar surface area (TPSA) is 334 Å². The molecule has 3 atom stereocenters. The zero-order valence-electron chi connectivity index (χ0n) is 57.4. The number of carbonyl (C=O) groups is 3. The fourth-order valence-corrected chi connectivity index (χ4v) is 13.4. The monoisotopic (exact) mass is 1530 g/mol. The number of ether oxygens (including phenoxy) is 6. The average molecular weight is 1540 g/mol. The van der Waals surface area contributed by atoms with Gasteiger partial charge in [-0.1, -0.05) is 66.1 Å². The Labute approximate surface area is 621 Å². The second kappa shape index (κ2) is 33.3. The average Bonchev–Trinajstić information content (AvgIpc) is 1.75. The molecule has 3 aromatic carbocycles. The van der Waals surface area contributed by atoms with Crippen LogP contribution in [0, 0.1) is 11.6 Å². The highest BCUT2D eigenvalue weighted by Gasteiger charge is 2.33. The van der Waals surface area contributed by atoms with Crippen molar-refractivity contribution in [3.8, 4) is 34.5 Å². The smallest absolute Gasteiger partial charge is 0.247 e. The maximum absolute atomic E-state index is 14.8. The van der Waals surface area contributed by atoms with Gasteiger partial charge < -0.3 is 64.1 Å². The van der Waals surface area contributed by atoms with E-state index in [2.05, 4.69) is 75.9 Å². The van der Waals surface area contributed by atoms with Crippen LogP contribution in [0.3, 0.4) is 0 Å². The van der Waals surface area contributed by atoms with E-state index in [1.165, 1.54) is 72.3 Å². The maximum atomic E-state index is 14.8. The molecule has 1 aliphatic heterocycles. The minimum Gasteiger partial charge on any atom is -0.495 e. The van der Waals surface area contributed by atoms with E-state index < -0.39 is 35.5 Å². The van der Waals surface area contributed by atoms with Gasteiger partial charge in [-0.3, -0.25) is 48.4 Å². The molecular weight excluding hydrogens is 1470 g/mol. The summed E-state index contributed by atoms with van der Waals surface area (Å²) in [7, 11) is 13.6. The summed E-state index contributed by atoms with van der Waals surface area (Å²) in [5.41, 5.74) is 7.86. The number of aryl methyl sites for hydroxylation is 3. The van der Waals surface area contributed by atoms with Crippen molar-refractivity contribution >= 4 is 125 Å². The lowest BCUT2D eigenvalue weighted by atomic mass is 10.0. The molecule has 0 fully saturated rings. The van der Waals surface area contributed by atoms with Gasteiger partial charge in [-0.05, 0) is 47.9 Å². The molecule has 0 spiro atoms. The van der Waals surface area contributed by atoms with Gasteiger partial charge in [0.25, 0.3) is 0 Å². The van der Waals surface area contributed by atoms with Crippen LogP contribution in [0.25, 0.3) is 21.2 Å². The third-order valence-corrected chi connectivity index (χ3v) is 18.7. The molecule has 6 N–H and O–H groups in total. The number of anilines is 3. The summed E-state index contributed by atoms with van der Waals surface area (Å²) in [6, 6.07) is 11.4. The number of halogens is 6. The first-order valence-electron chi connectivity index (χ1n) is 31.2. The highest BCUT2D eigenvalue weighted by Crippen LogP contribution is 2.48. The van der Waals surface area contributed by atoms with Gasteiger partial charge in [0.15, 0.2) is 34.8 Å². The van der Waals surface area contributed by atoms with Crippen LogP contribution in [-0.4, -0.2) is 131 Å². The number of hydrogen-bond donors (Lipinski definition) is 6. The van der Waals surface area contributed by atoms with Crippen LogP contribution in [0.15, 0.2) is 127 Å². The van der Waals surface area contributed by atoms with Crippen LogP contribution in [0.2, 0.25) is 20.1 Å². The summed E-state index contributed by atoms with van der Waals surface area (Å²) >= 11 is 27.3. The van der Waals surface area contributed by atoms with Crippen LogP contribution < -0.4 is 44.4 Å². The number of pyridine rings is 3. The first-order chi connectivity index (χ1) is 50.2. The molecule has 105 heavy (non-hydrogen) atoms. The Bertz CT molecular complexity index is 4930. The third-order valence-electron chi connectivity index (χ3n) is 16.0. The van der Waals surface area contributed by atoms with Crippen LogP contribution >= 0.6 is 57.7 Å². The molecule has 1 aliphatic rings. The number of benzene rings is 3. The van der Waals surface area contributed by atoms with Gasteiger partial charge >= 0.3 is 0 Å². The number of oxazole rings is 1. The quantitative estimate of drug-likeness (QED) is 0.0306. The number of methoxy groups -OCH3 is 6. The molecule has 8 aromatic heterocycles. The van der Waals surface area contributed by atoms with Crippen LogP contribution in [-0.2, 0) is 61.2 Å². The van der Waals surface area contributed by atoms with E-state index in [4.69, 9.17) is 79.2 Å². The van der Waals surface area contributed by atoms with Gasteiger partial charge in [-0.15, -0.1) is 11.3 Å². The molecule has 0 bridgehead atoms. The molecule has 3 amide bonds. The number of nitrogens with zero attached hydrogens (tertiary/aromatic N) is 11. The molecule has 34 heteroatoms. The van der Waals surface area contributed by atoms with Gasteiger partial charge in [-0.25, -0.2) is 13.8 Å². The molecule has 546 valence electrons. The lowest BCUT2D eigenvalue weighted by Gasteiger charge is -2.18. The number of nitrogens with one attached hydrogen (secondary N) is 3. The number of thiophene rings is 1. The third kappa shape index (κ3) is 16.9. The van der Waals surface area contributed by atoms with Crippen molar-refractivity contribution in [1.82, 2.24) is 49.3 Å². The molecule has 0 saturated carbocycles. The van der Waals surface area contributed by atoms with Crippen molar-refractivity contribution in [1.29, 1.82) is 0 Å². The number of aromatic nitrogens is 10. The van der Waals surface area contributed by atoms with Crippen molar-refractivity contribution < 1.29 is 71.3 Å². The molecule has 0 aliphatic carbocycles. The SMILES string of the molecule is C=CC(=O)Nc1cn(C)nc1Cc1cc2c(cn1)CC(C(O)c1c(Cl)c(OC)cc(OC)c1Cl)=N2.C=CC(=O)Nc1cn(C)nc1Cc1cc2cc(C(O)c3c(Cl)c(OC)cc(OC)c3Cl)sc2cn1.C=CC(=O)Nc1cn(C)nc1Cc1cc2nc(C(O)c3c(F)c(OC)cc(OC)c3F)oc2cn1. The number of amides is 3. The first-order valence-corrected chi connectivity index (χ1v) is 33.5. The molecular formula is C71H66Cl4F2N14O13S. The van der Waals surface area contributed by atoms with Crippen LogP contribution in [0.1, 0.15) is 85.5 Å². The molecule has 0 radical (unpaired) electrons. The van der Waals surface area contributed by atoms with E-state index in [-0.39, 0.29) is 72.8 Å². The number of rotatable bonds is 24. The van der Waals surface area contributed by atoms with Gasteiger partial charge in [0.05, 0.1) is 125 Å². The second-order valence-electron chi connectivity index (χ2n) is 22.9. The lowest BCUT2D eigenvalue weighted by Crippen LogP contribution is -2.14. The number of carbonyl (C=O) groups excluding carboxylic acids is 3. The van der Waals surface area contributed by atoms with Gasteiger partial charge in [0.1, 0.15) is 40.7 Å². The van der Waals surface area contributed by atoms with E-state index in [1.807, 2.05) is 18.2 Å². The van der Waals surface area contributed by atoms with Crippen molar-refractivity contribution in [3.05, 3.63) is 217 Å². The maximum Gasteiger partial charge on any atom is 0.247 e. The molecule has 3 unspecified atom stereocenters. The fraction of sp³-hybridized carbons (Fsp3) is 0.225. The zero-order valence-corrected chi connectivity index (χ0v) is 61.3. The Hall–Kier alpha value is -10.8. The van der Waals surface area contributed by atoms with E-state index in [9.17, 15) is 38.5 Å². The Morgan fingerprint density at radius 3 is 1.42 bits per heavy atom. The predicted octanol–water partition coefficient (Wildman–Crippen LogP) is 12.4. The largest absolute Gasteiger partial charge is 0.495 e. The Morgan fingerprint density at radius 1 is 0.562 bits per heavy atom. The van der Waals surface area contributed by atoms with Crippen molar-refractivity contribution in [2.24, 2.45) is 26.1 Å². The summed E-state index contributed by atoms with van der Waals surface area (Å²) in [5, 5.41) is 56.1. The lowest BCUT2D eigenvalue weighted by molar-refractivity contribution is -0.112. The number of aliphatic imine (C=N–C) groups is 1. The summed E-state index contributed by atoms with van der Waals surface area (Å²) in [5.74, 6) is -2.85. The van der Waals surface area contributed by atoms with Crippen molar-refractivity contribution in [3.63, 3.8) is 0 Å². The molecule has 27 nitrogen and oxygen atoms in total. The predicted molar refractivity (Wildman–Crippen MR) is 393 cm³/mol. The standard InChI is InChI=1S/C24H23Cl2N5O4.C24H22Cl2N4O4S.C23H21F2N5O5/c1-5-20(32)29-17-11-31(2)30-15(17)8-13-7-14-12(10-27-13)6-16(28-14)24(33)21-22(25)18(34-3)9-19(35-4)23(21)26;1-5-20(31)28-15-11-30(2)29-14(15)8-13-6-12-7-18(35-19(12)10-27-13)24(32)21-22(25)16(33-3)9-17(34-4)23(21)26;1-5-18(31)27-14-10-30(2)29-12(14)6-11-7-13-17(9-26-11)35-23(28-13)22(32)19-20(24)15(33-3)8-16(34-4)21(19)25/h5,7,9-11,24,33H,1,6,8H2,2-4H3,(H,29,32);5-7,9-11,24,32H,1,8H2,2-4H3,(H,28,31);5,7-10,22,32H,1,6H2,2-4H3,(H,27,31). The van der Waals surface area contributed by atoms with Crippen LogP contribution in [0.5, 0.6) is 34.5 Å². The number of aliphatic hydroxyl groups is 3. The minimum atomic E-state index is -1.88. The van der Waals surface area contributed by atoms with E-state index >= 15 is 0 Å². The first kappa shape index (κ1) is 76.8. The van der Waals surface area contributed by atoms with Gasteiger partial charge in [-0.2, -0.15) is 15.3 Å². The normalized spacial score (nSPS) is 12.3. The number of aliphatic hydroxyl groups excluding tert-OH is 3. The summed E-state index contributed by atoms with van der Waals surface area (Å²) in [4.78, 5) is 58.0. The van der Waals surface area contributed by atoms with Gasteiger partial charge in [0, 0.05) is 135 Å². The number of fused-ring (bicyclic) bond motifs is 3. The molecule has 9 heterocycles. The van der Waals surface area contributed by atoms with E-state index in [1.54, 1.807) is 84.4 Å². The zero-order chi connectivity index (χ0) is 75.8. The van der Waals surface area contributed by atoms with Gasteiger partial charge in [0.2, 0.25) is 23.6 Å². The summed E-state index contributed by atoms with van der Waals surface area (Å²) < 4.78 is 71.8. The molecule has 0 saturated heterocycles. The highest BCUT2D eigenvalue weighted by atomic mass is 35.5. The van der Waals surface area contributed by atoms with E-state index in [0.29, 0.717) is 115 Å². The number of hydrogen-bond acceptors (Lipinski definition) is 22. The Balaban J connectivity index is 0.000000169. The van der Waals surface area contributed by atoms with Crippen molar-refractivity contribution in [2.75, 3.05) is 58.6 Å². The molecule has 12 rings (SSSR count). The minimum absolute atomic E-state index is 0.188. The fourth-order valence-electron chi connectivity index (χ4n) is 11.0. The second-order valence-corrected chi connectivity index (χ2v) is 25.5. The van der Waals surface area contributed by atoms with Crippen molar-refractivity contribution in [2.45, 2.75) is 44.0 Å². The Kier molecular flexibility index (Phi) is 24.4. The molecule has 11 aromatic rings. The Morgan fingerprint density at radius 2 is 0.971 bits per heavy atom. The summed E-state index contributed by atoms with van der Waals surface area (Å²) in [6.45, 7) is 10.4. The highest BCUT2D eigenvalue weighted by molar-refractivity contribution is 7.19.